The molecule has 1 fully saturated rings. The van der Waals surface area contributed by atoms with Gasteiger partial charge in [0, 0.05) is 5.75 Å². The number of hydrogen-bond donors (Lipinski definition) is 0. The van der Waals surface area contributed by atoms with Crippen LogP contribution in [-0.4, -0.2) is 40.4 Å². The molecule has 0 aromatic heterocycles. The van der Waals surface area contributed by atoms with Gasteiger partial charge in [-0.2, -0.15) is 0 Å². The minimum Gasteiger partial charge on any atom is -0.772 e. The molecule has 1 heterocycles. The van der Waals surface area contributed by atoms with E-state index in [9.17, 15) is 8.76 Å². The first-order valence-electron chi connectivity index (χ1n) is 3.04. The van der Waals surface area contributed by atoms with Crippen LogP contribution in [0.1, 0.15) is 0 Å². The van der Waals surface area contributed by atoms with Crippen molar-refractivity contribution in [2.75, 3.05) is 25.6 Å². The van der Waals surface area contributed by atoms with Gasteiger partial charge in [-0.25, -0.2) is 0 Å². The zero-order valence-electron chi connectivity index (χ0n) is 6.45. The van der Waals surface area contributed by atoms with Crippen LogP contribution >= 0.6 is 0 Å². The van der Waals surface area contributed by atoms with Crippen LogP contribution in [0.15, 0.2) is 0 Å². The Morgan fingerprint density at radius 1 is 1.55 bits per heavy atom. The fourth-order valence-electron chi connectivity index (χ4n) is 0.785. The van der Waals surface area contributed by atoms with Crippen LogP contribution in [0.2, 0.25) is 0 Å². The average Bonchev–Trinajstić information content (AvgIpc) is 1.88. The molecule has 1 aliphatic rings. The van der Waals surface area contributed by atoms with Gasteiger partial charge in [-0.05, 0) is 0 Å². The fraction of sp³-hybridized carbons (Fsp3) is 1.00. The van der Waals surface area contributed by atoms with Gasteiger partial charge in [-0.1, -0.05) is 11.1 Å². The van der Waals surface area contributed by atoms with Gasteiger partial charge in [0.25, 0.3) is 0 Å². The van der Waals surface area contributed by atoms with Crippen LogP contribution in [0.5, 0.6) is 0 Å². The number of hydrogen-bond acceptors (Lipinski definition) is 4. The molecule has 0 aromatic carbocycles. The van der Waals surface area contributed by atoms with Gasteiger partial charge in [0.15, 0.2) is 0 Å². The second-order valence-corrected chi connectivity index (χ2v) is 2.98. The molecular weight excluding hydrogens is 179 g/mol. The van der Waals surface area contributed by atoms with Gasteiger partial charge in [0.05, 0.1) is 25.9 Å². The van der Waals surface area contributed by atoms with E-state index < -0.39 is 11.1 Å². The Hall–Kier alpha value is 1.03. The summed E-state index contributed by atoms with van der Waals surface area (Å²) >= 11 is -2.02. The molecule has 0 aliphatic carbocycles. The van der Waals surface area contributed by atoms with Crippen molar-refractivity contribution in [3.05, 3.63) is 0 Å². The second-order valence-electron chi connectivity index (χ2n) is 2.04. The summed E-state index contributed by atoms with van der Waals surface area (Å²) in [5.74, 6) is 0.0417. The summed E-state index contributed by atoms with van der Waals surface area (Å²) in [7, 11) is 0. The minimum atomic E-state index is -2.02. The quantitative estimate of drug-likeness (QED) is 0.330. The van der Waals surface area contributed by atoms with E-state index in [2.05, 4.69) is 0 Å². The van der Waals surface area contributed by atoms with E-state index in [0.717, 1.165) is 0 Å². The maximum absolute atomic E-state index is 10.1. The molecule has 0 amide bonds. The van der Waals surface area contributed by atoms with Gasteiger partial charge >= 0.3 is 29.6 Å². The summed E-state index contributed by atoms with van der Waals surface area (Å²) in [6, 6.07) is 0. The maximum atomic E-state index is 10.1. The van der Waals surface area contributed by atoms with Crippen molar-refractivity contribution in [2.45, 2.75) is 6.10 Å². The third kappa shape index (κ3) is 5.30. The van der Waals surface area contributed by atoms with E-state index in [1.54, 1.807) is 0 Å². The third-order valence-electron chi connectivity index (χ3n) is 1.21. The second kappa shape index (κ2) is 6.54. The molecular formula is C5H9NaO4S. The van der Waals surface area contributed by atoms with Crippen molar-refractivity contribution in [3.63, 3.8) is 0 Å². The van der Waals surface area contributed by atoms with E-state index in [-0.39, 0.29) is 41.4 Å². The third-order valence-corrected chi connectivity index (χ3v) is 1.85. The first kappa shape index (κ1) is 12.0. The van der Waals surface area contributed by atoms with Gasteiger partial charge in [-0.15, -0.1) is 0 Å². The molecule has 4 nitrogen and oxygen atoms in total. The van der Waals surface area contributed by atoms with Crippen molar-refractivity contribution in [3.8, 4) is 0 Å². The average molecular weight is 188 g/mol. The minimum absolute atomic E-state index is 0. The van der Waals surface area contributed by atoms with Crippen molar-refractivity contribution < 1.29 is 47.8 Å². The summed E-state index contributed by atoms with van der Waals surface area (Å²) in [5, 5.41) is 0. The van der Waals surface area contributed by atoms with E-state index >= 15 is 0 Å². The zero-order chi connectivity index (χ0) is 7.40. The molecule has 60 valence electrons. The van der Waals surface area contributed by atoms with Gasteiger partial charge < -0.3 is 14.0 Å². The number of rotatable bonds is 2. The predicted molar refractivity (Wildman–Crippen MR) is 34.3 cm³/mol. The molecule has 2 atom stereocenters. The summed E-state index contributed by atoms with van der Waals surface area (Å²) in [5.41, 5.74) is 0. The Balaban J connectivity index is 0.000001000. The molecule has 0 saturated carbocycles. The van der Waals surface area contributed by atoms with Crippen molar-refractivity contribution >= 4 is 11.1 Å². The maximum Gasteiger partial charge on any atom is 1.00 e. The van der Waals surface area contributed by atoms with Gasteiger partial charge in [0.1, 0.15) is 0 Å². The molecule has 1 saturated heterocycles. The molecule has 11 heavy (non-hydrogen) atoms. The van der Waals surface area contributed by atoms with Crippen LogP contribution in [-0.2, 0) is 20.6 Å². The van der Waals surface area contributed by atoms with Crippen LogP contribution < -0.4 is 29.6 Å². The van der Waals surface area contributed by atoms with E-state index in [1.807, 2.05) is 0 Å². The fourth-order valence-corrected chi connectivity index (χ4v) is 1.28. The van der Waals surface area contributed by atoms with Crippen molar-refractivity contribution in [1.29, 1.82) is 0 Å². The Bertz CT molecular complexity index is 126. The summed E-state index contributed by atoms with van der Waals surface area (Å²) in [6.07, 6.45) is -0.257. The molecule has 2 unspecified atom stereocenters. The Labute approximate surface area is 90.2 Å². The van der Waals surface area contributed by atoms with Crippen molar-refractivity contribution in [1.82, 2.24) is 0 Å². The SMILES string of the molecule is O=S([O-])CC1COCCO1.[Na+]. The van der Waals surface area contributed by atoms with Crippen LogP contribution in [0.25, 0.3) is 0 Å². The largest absolute Gasteiger partial charge is 1.00 e. The van der Waals surface area contributed by atoms with Gasteiger partial charge in [-0.3, -0.25) is 4.21 Å². The molecule has 0 radical (unpaired) electrons. The summed E-state index contributed by atoms with van der Waals surface area (Å²) < 4.78 is 30.3. The van der Waals surface area contributed by atoms with Gasteiger partial charge in [0.2, 0.25) is 0 Å². The molecule has 0 spiro atoms. The first-order valence-corrected chi connectivity index (χ1v) is 4.28. The molecule has 6 heteroatoms. The smallest absolute Gasteiger partial charge is 0.772 e. The monoisotopic (exact) mass is 188 g/mol. The molecule has 0 bridgehead atoms. The molecule has 1 aliphatic heterocycles. The Kier molecular flexibility index (Phi) is 7.15. The predicted octanol–water partition coefficient (Wildman–Crippen LogP) is -3.72. The van der Waals surface area contributed by atoms with Crippen LogP contribution in [0.3, 0.4) is 0 Å². The van der Waals surface area contributed by atoms with Crippen LogP contribution in [0.4, 0.5) is 0 Å². The zero-order valence-corrected chi connectivity index (χ0v) is 9.26. The normalized spacial score (nSPS) is 27.2. The van der Waals surface area contributed by atoms with Crippen molar-refractivity contribution in [2.24, 2.45) is 0 Å². The summed E-state index contributed by atoms with van der Waals surface area (Å²) in [6.45, 7) is 1.47. The molecule has 1 rings (SSSR count). The van der Waals surface area contributed by atoms with E-state index in [0.29, 0.717) is 19.8 Å². The van der Waals surface area contributed by atoms with E-state index in [4.69, 9.17) is 9.47 Å². The molecule has 0 aromatic rings. The number of ether oxygens (including phenoxy) is 2. The van der Waals surface area contributed by atoms with E-state index in [1.165, 1.54) is 0 Å². The topological polar surface area (TPSA) is 58.6 Å². The Morgan fingerprint density at radius 2 is 2.27 bits per heavy atom. The summed E-state index contributed by atoms with van der Waals surface area (Å²) in [4.78, 5) is 0. The standard InChI is InChI=1S/C5H10O4S.Na/c6-10(7)4-5-3-8-1-2-9-5;/h5H,1-4H2,(H,6,7);/q;+1/p-1. The van der Waals surface area contributed by atoms with Crippen LogP contribution in [0, 0.1) is 0 Å². The first-order chi connectivity index (χ1) is 4.79. The Morgan fingerprint density at radius 3 is 2.73 bits per heavy atom. The molecule has 0 N–H and O–H groups in total.